The first-order valence-corrected chi connectivity index (χ1v) is 8.37. The Balaban J connectivity index is 2.17. The molecule has 0 unspecified atom stereocenters. The summed E-state index contributed by atoms with van der Waals surface area (Å²) in [7, 11) is -3.92. The number of fused-ring (bicyclic) bond motifs is 1. The molecule has 2 aromatic carbocycles. The van der Waals surface area contributed by atoms with Crippen LogP contribution in [0.5, 0.6) is 0 Å². The number of hydrogen-bond donors (Lipinski definition) is 3. The van der Waals surface area contributed by atoms with Crippen molar-refractivity contribution in [2.24, 2.45) is 0 Å². The molecular formula is C15H11ClN2O4S. The van der Waals surface area contributed by atoms with Gasteiger partial charge >= 0.3 is 5.97 Å². The normalized spacial score (nSPS) is 11.5. The summed E-state index contributed by atoms with van der Waals surface area (Å²) >= 11 is 5.93. The van der Waals surface area contributed by atoms with Gasteiger partial charge in [0.1, 0.15) is 5.69 Å². The van der Waals surface area contributed by atoms with Crippen LogP contribution in [0.3, 0.4) is 0 Å². The fourth-order valence-electron chi connectivity index (χ4n) is 2.22. The standard InChI is InChI=1S/C15H11ClN2O4S/c16-9-6-7-12-11(8-9)13(14(17-12)15(19)20)18-23(21,22)10-4-2-1-3-5-10/h1-8,17-18H,(H,19,20). The molecule has 8 heteroatoms. The van der Waals surface area contributed by atoms with E-state index in [0.717, 1.165) is 0 Å². The van der Waals surface area contributed by atoms with Crippen LogP contribution in [-0.2, 0) is 10.0 Å². The molecule has 3 aromatic rings. The summed E-state index contributed by atoms with van der Waals surface area (Å²) in [6, 6.07) is 12.4. The van der Waals surface area contributed by atoms with E-state index in [-0.39, 0.29) is 16.3 Å². The van der Waals surface area contributed by atoms with E-state index in [1.807, 2.05) is 0 Å². The highest BCUT2D eigenvalue weighted by Gasteiger charge is 2.23. The third kappa shape index (κ3) is 2.88. The van der Waals surface area contributed by atoms with Gasteiger partial charge in [0, 0.05) is 15.9 Å². The van der Waals surface area contributed by atoms with Gasteiger partial charge < -0.3 is 10.1 Å². The van der Waals surface area contributed by atoms with Crippen LogP contribution >= 0.6 is 11.6 Å². The van der Waals surface area contributed by atoms with Crippen molar-refractivity contribution in [2.75, 3.05) is 4.72 Å². The van der Waals surface area contributed by atoms with E-state index >= 15 is 0 Å². The quantitative estimate of drug-likeness (QED) is 0.672. The van der Waals surface area contributed by atoms with E-state index in [0.29, 0.717) is 15.9 Å². The number of aromatic carboxylic acids is 1. The van der Waals surface area contributed by atoms with E-state index in [1.165, 1.54) is 18.2 Å². The molecule has 3 rings (SSSR count). The maximum atomic E-state index is 12.5. The first-order valence-electron chi connectivity index (χ1n) is 6.51. The average Bonchev–Trinajstić information content (AvgIpc) is 2.86. The predicted octanol–water partition coefficient (Wildman–Crippen LogP) is 3.32. The van der Waals surface area contributed by atoms with Crippen LogP contribution in [0.4, 0.5) is 5.69 Å². The SMILES string of the molecule is O=C(O)c1[nH]c2ccc(Cl)cc2c1NS(=O)(=O)c1ccccc1. The molecule has 1 aromatic heterocycles. The van der Waals surface area contributed by atoms with Gasteiger partial charge in [0.2, 0.25) is 0 Å². The molecule has 0 aliphatic rings. The number of benzene rings is 2. The Bertz CT molecular complexity index is 997. The Morgan fingerprint density at radius 1 is 1.13 bits per heavy atom. The number of aromatic nitrogens is 1. The molecule has 0 atom stereocenters. The minimum atomic E-state index is -3.92. The molecule has 0 saturated carbocycles. The van der Waals surface area contributed by atoms with Crippen LogP contribution in [0.25, 0.3) is 10.9 Å². The van der Waals surface area contributed by atoms with Gasteiger partial charge in [-0.1, -0.05) is 29.8 Å². The monoisotopic (exact) mass is 350 g/mol. The Morgan fingerprint density at radius 3 is 2.48 bits per heavy atom. The van der Waals surface area contributed by atoms with Gasteiger partial charge in [0.25, 0.3) is 10.0 Å². The molecule has 1 heterocycles. The zero-order valence-electron chi connectivity index (χ0n) is 11.6. The van der Waals surface area contributed by atoms with Crippen molar-refractivity contribution in [3.63, 3.8) is 0 Å². The first-order chi connectivity index (χ1) is 10.9. The molecule has 6 nitrogen and oxygen atoms in total. The average molecular weight is 351 g/mol. The maximum absolute atomic E-state index is 12.5. The molecule has 3 N–H and O–H groups in total. The number of carbonyl (C=O) groups is 1. The van der Waals surface area contributed by atoms with Crippen molar-refractivity contribution in [3.8, 4) is 0 Å². The number of aromatic amines is 1. The summed E-state index contributed by atoms with van der Waals surface area (Å²) in [5.74, 6) is -1.27. The van der Waals surface area contributed by atoms with E-state index in [2.05, 4.69) is 9.71 Å². The van der Waals surface area contributed by atoms with Crippen LogP contribution in [-0.4, -0.2) is 24.5 Å². The molecule has 0 saturated heterocycles. The number of anilines is 1. The summed E-state index contributed by atoms with van der Waals surface area (Å²) < 4.78 is 27.2. The Labute approximate surface area is 136 Å². The van der Waals surface area contributed by atoms with Crippen molar-refractivity contribution in [1.29, 1.82) is 0 Å². The van der Waals surface area contributed by atoms with Crippen LogP contribution in [0.2, 0.25) is 5.02 Å². The zero-order chi connectivity index (χ0) is 16.6. The van der Waals surface area contributed by atoms with Crippen LogP contribution in [0.1, 0.15) is 10.5 Å². The molecule has 0 aliphatic carbocycles. The molecule has 23 heavy (non-hydrogen) atoms. The highest BCUT2D eigenvalue weighted by Crippen LogP contribution is 2.31. The molecule has 0 aliphatic heterocycles. The van der Waals surface area contributed by atoms with Crippen molar-refractivity contribution >= 4 is 44.2 Å². The minimum Gasteiger partial charge on any atom is -0.477 e. The lowest BCUT2D eigenvalue weighted by Gasteiger charge is -2.08. The van der Waals surface area contributed by atoms with Gasteiger partial charge in [0.15, 0.2) is 0 Å². The van der Waals surface area contributed by atoms with Crippen molar-refractivity contribution in [3.05, 3.63) is 59.2 Å². The van der Waals surface area contributed by atoms with E-state index in [9.17, 15) is 18.3 Å². The third-order valence-corrected chi connectivity index (χ3v) is 4.87. The minimum absolute atomic E-state index is 0.0349. The van der Waals surface area contributed by atoms with Crippen molar-refractivity contribution in [1.82, 2.24) is 4.98 Å². The lowest BCUT2D eigenvalue weighted by Crippen LogP contribution is -2.15. The van der Waals surface area contributed by atoms with E-state index in [4.69, 9.17) is 11.6 Å². The second-order valence-corrected chi connectivity index (χ2v) is 6.91. The molecule has 0 bridgehead atoms. The first kappa shape index (κ1) is 15.4. The van der Waals surface area contributed by atoms with Crippen LogP contribution < -0.4 is 4.72 Å². The Morgan fingerprint density at radius 2 is 1.83 bits per heavy atom. The van der Waals surface area contributed by atoms with E-state index < -0.39 is 16.0 Å². The number of hydrogen-bond acceptors (Lipinski definition) is 3. The largest absolute Gasteiger partial charge is 0.477 e. The maximum Gasteiger partial charge on any atom is 0.354 e. The number of carboxylic acid groups (broad SMARTS) is 1. The van der Waals surface area contributed by atoms with Gasteiger partial charge in [-0.2, -0.15) is 0 Å². The highest BCUT2D eigenvalue weighted by atomic mass is 35.5. The highest BCUT2D eigenvalue weighted by molar-refractivity contribution is 7.92. The number of nitrogens with one attached hydrogen (secondary N) is 2. The lowest BCUT2D eigenvalue weighted by molar-refractivity contribution is 0.0692. The van der Waals surface area contributed by atoms with Crippen molar-refractivity contribution < 1.29 is 18.3 Å². The number of sulfonamides is 1. The summed E-state index contributed by atoms with van der Waals surface area (Å²) in [4.78, 5) is 14.1. The van der Waals surface area contributed by atoms with Crippen LogP contribution in [0, 0.1) is 0 Å². The summed E-state index contributed by atoms with van der Waals surface area (Å²) in [5, 5.41) is 10.1. The smallest absolute Gasteiger partial charge is 0.354 e. The Hall–Kier alpha value is -2.51. The lowest BCUT2D eigenvalue weighted by atomic mass is 10.2. The summed E-state index contributed by atoms with van der Waals surface area (Å²) in [6.45, 7) is 0. The molecular weight excluding hydrogens is 340 g/mol. The fraction of sp³-hybridized carbons (Fsp3) is 0. The van der Waals surface area contributed by atoms with Gasteiger partial charge in [-0.3, -0.25) is 4.72 Å². The number of halogens is 1. The second kappa shape index (κ2) is 5.60. The number of H-pyrrole nitrogens is 1. The molecule has 0 radical (unpaired) electrons. The van der Waals surface area contributed by atoms with Gasteiger partial charge in [-0.05, 0) is 30.3 Å². The molecule has 0 spiro atoms. The topological polar surface area (TPSA) is 99.3 Å². The molecule has 0 fully saturated rings. The van der Waals surface area contributed by atoms with Gasteiger partial charge in [-0.15, -0.1) is 0 Å². The van der Waals surface area contributed by atoms with Gasteiger partial charge in [0.05, 0.1) is 10.6 Å². The van der Waals surface area contributed by atoms with Gasteiger partial charge in [-0.25, -0.2) is 13.2 Å². The number of rotatable bonds is 4. The zero-order valence-corrected chi connectivity index (χ0v) is 13.1. The Kier molecular flexibility index (Phi) is 3.75. The third-order valence-electron chi connectivity index (χ3n) is 3.26. The number of carboxylic acids is 1. The second-order valence-electron chi connectivity index (χ2n) is 4.79. The summed E-state index contributed by atoms with van der Waals surface area (Å²) in [6.07, 6.45) is 0. The molecule has 118 valence electrons. The fourth-order valence-corrected chi connectivity index (χ4v) is 3.51. The molecule has 0 amide bonds. The van der Waals surface area contributed by atoms with Crippen molar-refractivity contribution in [2.45, 2.75) is 4.90 Å². The summed E-state index contributed by atoms with van der Waals surface area (Å²) in [5.41, 5.74) is 0.179. The van der Waals surface area contributed by atoms with E-state index in [1.54, 1.807) is 30.3 Å². The van der Waals surface area contributed by atoms with Crippen LogP contribution in [0.15, 0.2) is 53.4 Å². The predicted molar refractivity (Wildman–Crippen MR) is 87.5 cm³/mol.